The fourth-order valence-electron chi connectivity index (χ4n) is 0.715. The van der Waals surface area contributed by atoms with Gasteiger partial charge in [0.1, 0.15) is 0 Å². The van der Waals surface area contributed by atoms with Crippen molar-refractivity contribution < 1.29 is 0 Å². The molecule has 0 spiro atoms. The highest BCUT2D eigenvalue weighted by Gasteiger charge is 1.99. The molecule has 0 amide bonds. The first-order valence-corrected chi connectivity index (χ1v) is 4.51. The Labute approximate surface area is 74.6 Å². The van der Waals surface area contributed by atoms with Crippen LogP contribution in [0.25, 0.3) is 0 Å². The van der Waals surface area contributed by atoms with Gasteiger partial charge in [0.25, 0.3) is 0 Å². The van der Waals surface area contributed by atoms with Gasteiger partial charge in [-0.3, -0.25) is 0 Å². The Balaban J connectivity index is 2.61. The lowest BCUT2D eigenvalue weighted by atomic mass is 10.6. The number of aromatic nitrogens is 2. The van der Waals surface area contributed by atoms with Crippen molar-refractivity contribution in [3.05, 3.63) is 18.5 Å². The number of anilines is 1. The summed E-state index contributed by atoms with van der Waals surface area (Å²) in [5, 5.41) is 0.932. The summed E-state index contributed by atoms with van der Waals surface area (Å²) in [5.74, 6) is 0.770. The zero-order valence-electron chi connectivity index (χ0n) is 6.37. The van der Waals surface area contributed by atoms with Gasteiger partial charge in [-0.2, -0.15) is 0 Å². The van der Waals surface area contributed by atoms with Crippen LogP contribution in [-0.2, 0) is 0 Å². The first-order chi connectivity index (χ1) is 5.34. The number of rotatable bonds is 3. The Morgan fingerprint density at radius 1 is 1.45 bits per heavy atom. The summed E-state index contributed by atoms with van der Waals surface area (Å²) >= 11 is 3.35. The third kappa shape index (κ3) is 2.46. The fraction of sp³-hybridized carbons (Fsp3) is 0.429. The molecule has 0 aliphatic rings. The predicted octanol–water partition coefficient (Wildman–Crippen LogP) is 1.31. The molecule has 4 heteroatoms. The van der Waals surface area contributed by atoms with Gasteiger partial charge >= 0.3 is 0 Å². The van der Waals surface area contributed by atoms with Gasteiger partial charge in [0.05, 0.1) is 0 Å². The molecule has 0 aliphatic carbocycles. The summed E-state index contributed by atoms with van der Waals surface area (Å²) in [6.45, 7) is 0.921. The van der Waals surface area contributed by atoms with E-state index in [0.717, 1.165) is 17.8 Å². The van der Waals surface area contributed by atoms with E-state index in [2.05, 4.69) is 25.9 Å². The molecular weight excluding hydrogens is 206 g/mol. The van der Waals surface area contributed by atoms with Crippen molar-refractivity contribution in [3.8, 4) is 0 Å². The quantitative estimate of drug-likeness (QED) is 0.713. The maximum absolute atomic E-state index is 4.09. The molecule has 0 aliphatic heterocycles. The number of nitrogens with zero attached hydrogens (tertiary/aromatic N) is 3. The number of hydrogen-bond acceptors (Lipinski definition) is 3. The molecule has 1 heterocycles. The summed E-state index contributed by atoms with van der Waals surface area (Å²) in [6, 6.07) is 1.81. The predicted molar refractivity (Wildman–Crippen MR) is 49.1 cm³/mol. The largest absolute Gasteiger partial charge is 0.343 e. The van der Waals surface area contributed by atoms with Crippen molar-refractivity contribution in [3.63, 3.8) is 0 Å². The van der Waals surface area contributed by atoms with Crippen LogP contribution in [0.1, 0.15) is 0 Å². The van der Waals surface area contributed by atoms with Crippen molar-refractivity contribution >= 4 is 21.9 Å². The highest BCUT2D eigenvalue weighted by molar-refractivity contribution is 9.09. The Kier molecular flexibility index (Phi) is 3.29. The van der Waals surface area contributed by atoms with Crippen LogP contribution in [0, 0.1) is 0 Å². The lowest BCUT2D eigenvalue weighted by molar-refractivity contribution is 0.910. The van der Waals surface area contributed by atoms with E-state index >= 15 is 0 Å². The zero-order valence-corrected chi connectivity index (χ0v) is 7.95. The van der Waals surface area contributed by atoms with Crippen molar-refractivity contribution in [1.29, 1.82) is 0 Å². The van der Waals surface area contributed by atoms with E-state index in [4.69, 9.17) is 0 Å². The normalized spacial score (nSPS) is 9.64. The van der Waals surface area contributed by atoms with Gasteiger partial charge in [0, 0.05) is 31.3 Å². The maximum Gasteiger partial charge on any atom is 0.224 e. The molecule has 1 rings (SSSR count). The van der Waals surface area contributed by atoms with Crippen LogP contribution in [0.4, 0.5) is 5.95 Å². The molecule has 0 fully saturated rings. The van der Waals surface area contributed by atoms with E-state index < -0.39 is 0 Å². The second-order valence-electron chi connectivity index (χ2n) is 2.16. The van der Waals surface area contributed by atoms with Crippen LogP contribution in [-0.4, -0.2) is 28.9 Å². The van der Waals surface area contributed by atoms with E-state index in [1.807, 2.05) is 18.0 Å². The summed E-state index contributed by atoms with van der Waals surface area (Å²) in [5.41, 5.74) is 0. The molecule has 3 nitrogen and oxygen atoms in total. The van der Waals surface area contributed by atoms with Crippen molar-refractivity contribution in [1.82, 2.24) is 9.97 Å². The number of hydrogen-bond donors (Lipinski definition) is 0. The van der Waals surface area contributed by atoms with E-state index in [1.54, 1.807) is 12.4 Å². The molecule has 0 saturated heterocycles. The van der Waals surface area contributed by atoms with Crippen LogP contribution in [0.5, 0.6) is 0 Å². The van der Waals surface area contributed by atoms with E-state index in [0.29, 0.717) is 0 Å². The number of alkyl halides is 1. The molecule has 0 bridgehead atoms. The Bertz CT molecular complexity index is 202. The van der Waals surface area contributed by atoms with Gasteiger partial charge in [0.2, 0.25) is 5.95 Å². The van der Waals surface area contributed by atoms with Crippen LogP contribution in [0.2, 0.25) is 0 Å². The SMILES string of the molecule is CN(CCBr)c1ncccn1. The average Bonchev–Trinajstić information content (AvgIpc) is 2.07. The summed E-state index contributed by atoms with van der Waals surface area (Å²) in [7, 11) is 1.97. The number of halogens is 1. The third-order valence-electron chi connectivity index (χ3n) is 1.31. The maximum atomic E-state index is 4.09. The van der Waals surface area contributed by atoms with Gasteiger partial charge in [0.15, 0.2) is 0 Å². The molecule has 0 atom stereocenters. The first-order valence-electron chi connectivity index (χ1n) is 3.38. The minimum absolute atomic E-state index is 0.770. The lowest BCUT2D eigenvalue weighted by Crippen LogP contribution is -2.21. The van der Waals surface area contributed by atoms with Gasteiger partial charge < -0.3 is 4.90 Å². The van der Waals surface area contributed by atoms with E-state index in [-0.39, 0.29) is 0 Å². The molecule has 0 aromatic carbocycles. The van der Waals surface area contributed by atoms with Gasteiger partial charge in [-0.1, -0.05) is 15.9 Å². The van der Waals surface area contributed by atoms with Crippen molar-refractivity contribution in [2.75, 3.05) is 23.8 Å². The van der Waals surface area contributed by atoms with Gasteiger partial charge in [-0.15, -0.1) is 0 Å². The second kappa shape index (κ2) is 4.28. The highest BCUT2D eigenvalue weighted by Crippen LogP contribution is 2.01. The topological polar surface area (TPSA) is 29.0 Å². The van der Waals surface area contributed by atoms with Crippen LogP contribution in [0.15, 0.2) is 18.5 Å². The van der Waals surface area contributed by atoms with Gasteiger partial charge in [-0.05, 0) is 6.07 Å². The fourth-order valence-corrected chi connectivity index (χ4v) is 1.25. The summed E-state index contributed by atoms with van der Waals surface area (Å²) < 4.78 is 0. The third-order valence-corrected chi connectivity index (χ3v) is 1.67. The Hall–Kier alpha value is -0.640. The Morgan fingerprint density at radius 2 is 2.09 bits per heavy atom. The first kappa shape index (κ1) is 8.46. The standard InChI is InChI=1S/C7H10BrN3/c1-11(6-3-8)7-9-4-2-5-10-7/h2,4-5H,3,6H2,1H3. The smallest absolute Gasteiger partial charge is 0.224 e. The van der Waals surface area contributed by atoms with Gasteiger partial charge in [-0.25, -0.2) is 9.97 Å². The van der Waals surface area contributed by atoms with Crippen LogP contribution in [0.3, 0.4) is 0 Å². The molecule has 0 radical (unpaired) electrons. The molecule has 0 N–H and O–H groups in total. The minimum Gasteiger partial charge on any atom is -0.343 e. The molecule has 1 aromatic rings. The molecule has 0 unspecified atom stereocenters. The summed E-state index contributed by atoms with van der Waals surface area (Å²) in [6.07, 6.45) is 3.49. The molecule has 1 aromatic heterocycles. The van der Waals surface area contributed by atoms with Crippen molar-refractivity contribution in [2.24, 2.45) is 0 Å². The Morgan fingerprint density at radius 3 is 2.64 bits per heavy atom. The molecule has 11 heavy (non-hydrogen) atoms. The molecular formula is C7H10BrN3. The van der Waals surface area contributed by atoms with E-state index in [1.165, 1.54) is 0 Å². The molecule has 0 saturated carbocycles. The molecule has 60 valence electrons. The van der Waals surface area contributed by atoms with E-state index in [9.17, 15) is 0 Å². The lowest BCUT2D eigenvalue weighted by Gasteiger charge is -2.13. The van der Waals surface area contributed by atoms with Crippen molar-refractivity contribution in [2.45, 2.75) is 0 Å². The minimum atomic E-state index is 0.770. The highest BCUT2D eigenvalue weighted by atomic mass is 79.9. The summed E-state index contributed by atoms with van der Waals surface area (Å²) in [4.78, 5) is 10.2. The van der Waals surface area contributed by atoms with Crippen LogP contribution < -0.4 is 4.90 Å². The monoisotopic (exact) mass is 215 g/mol. The zero-order chi connectivity index (χ0) is 8.10. The van der Waals surface area contributed by atoms with Crippen LogP contribution >= 0.6 is 15.9 Å². The average molecular weight is 216 g/mol. The second-order valence-corrected chi connectivity index (χ2v) is 2.95.